The number of carbonyl (C=O) groups excluding carboxylic acids is 1. The van der Waals surface area contributed by atoms with Gasteiger partial charge in [-0.2, -0.15) is 10.2 Å². The van der Waals surface area contributed by atoms with E-state index in [1.165, 1.54) is 0 Å². The van der Waals surface area contributed by atoms with Crippen molar-refractivity contribution in [2.24, 2.45) is 7.05 Å². The monoisotopic (exact) mass is 371 g/mol. The highest BCUT2D eigenvalue weighted by Crippen LogP contribution is 2.21. The van der Waals surface area contributed by atoms with Crippen LogP contribution in [0.4, 0.5) is 5.69 Å². The van der Waals surface area contributed by atoms with Gasteiger partial charge < -0.3 is 5.32 Å². The van der Waals surface area contributed by atoms with E-state index in [2.05, 4.69) is 15.5 Å². The first kappa shape index (κ1) is 18.2. The molecule has 6 nitrogen and oxygen atoms in total. The Bertz CT molecular complexity index is 986. The van der Waals surface area contributed by atoms with E-state index < -0.39 is 0 Å². The molecule has 3 rings (SSSR count). The van der Waals surface area contributed by atoms with E-state index in [4.69, 9.17) is 11.6 Å². The molecule has 1 amide bonds. The van der Waals surface area contributed by atoms with E-state index in [1.807, 2.05) is 57.6 Å². The van der Waals surface area contributed by atoms with Crippen molar-refractivity contribution in [1.29, 1.82) is 0 Å². The van der Waals surface area contributed by atoms with Crippen LogP contribution in [0.25, 0.3) is 0 Å². The highest BCUT2D eigenvalue weighted by molar-refractivity contribution is 6.31. The molecular formula is C19H22ClN5O. The van der Waals surface area contributed by atoms with Crippen molar-refractivity contribution in [1.82, 2.24) is 19.6 Å². The molecule has 0 aliphatic heterocycles. The summed E-state index contributed by atoms with van der Waals surface area (Å²) in [5.41, 5.74) is 5.78. The second kappa shape index (κ2) is 6.96. The Labute approximate surface area is 157 Å². The zero-order valence-corrected chi connectivity index (χ0v) is 16.3. The van der Waals surface area contributed by atoms with Crippen LogP contribution in [0.2, 0.25) is 5.02 Å². The van der Waals surface area contributed by atoms with Gasteiger partial charge in [-0.1, -0.05) is 23.7 Å². The molecule has 0 unspecified atom stereocenters. The van der Waals surface area contributed by atoms with Gasteiger partial charge in [0.15, 0.2) is 0 Å². The number of halogens is 1. The molecule has 2 aromatic heterocycles. The average Bonchev–Trinajstić information content (AvgIpc) is 2.99. The smallest absolute Gasteiger partial charge is 0.255 e. The summed E-state index contributed by atoms with van der Waals surface area (Å²) in [6.45, 7) is 8.19. The van der Waals surface area contributed by atoms with Crippen LogP contribution in [0, 0.1) is 27.7 Å². The number of hydrogen-bond acceptors (Lipinski definition) is 3. The van der Waals surface area contributed by atoms with Gasteiger partial charge in [-0.3, -0.25) is 14.2 Å². The van der Waals surface area contributed by atoms with Crippen LogP contribution in [0.1, 0.15) is 38.7 Å². The summed E-state index contributed by atoms with van der Waals surface area (Å²) >= 11 is 6.21. The largest absolute Gasteiger partial charge is 0.319 e. The molecule has 0 aliphatic rings. The van der Waals surface area contributed by atoms with Gasteiger partial charge in [0.1, 0.15) is 0 Å². The van der Waals surface area contributed by atoms with Gasteiger partial charge in [0.2, 0.25) is 0 Å². The van der Waals surface area contributed by atoms with Gasteiger partial charge in [-0.15, -0.1) is 0 Å². The predicted molar refractivity (Wildman–Crippen MR) is 103 cm³/mol. The number of amides is 1. The van der Waals surface area contributed by atoms with E-state index in [0.717, 1.165) is 34.0 Å². The number of carbonyl (C=O) groups is 1. The van der Waals surface area contributed by atoms with Crippen LogP contribution < -0.4 is 5.32 Å². The molecule has 136 valence electrons. The number of aryl methyl sites for hydroxylation is 3. The van der Waals surface area contributed by atoms with Crippen molar-refractivity contribution in [2.75, 3.05) is 5.32 Å². The molecule has 0 bridgehead atoms. The first-order valence-corrected chi connectivity index (χ1v) is 8.75. The molecule has 0 spiro atoms. The van der Waals surface area contributed by atoms with E-state index >= 15 is 0 Å². The number of rotatable bonds is 4. The number of hydrogen-bond donors (Lipinski definition) is 1. The minimum absolute atomic E-state index is 0.155. The Morgan fingerprint density at radius 1 is 1.12 bits per heavy atom. The van der Waals surface area contributed by atoms with Gasteiger partial charge in [-0.05, 0) is 45.4 Å². The highest BCUT2D eigenvalue weighted by Gasteiger charge is 2.15. The molecule has 1 aromatic carbocycles. The van der Waals surface area contributed by atoms with Crippen LogP contribution in [0.3, 0.4) is 0 Å². The van der Waals surface area contributed by atoms with Crippen molar-refractivity contribution in [3.05, 3.63) is 63.2 Å². The van der Waals surface area contributed by atoms with E-state index in [0.29, 0.717) is 17.1 Å². The zero-order valence-electron chi connectivity index (χ0n) is 15.6. The van der Waals surface area contributed by atoms with E-state index in [1.54, 1.807) is 10.7 Å². The van der Waals surface area contributed by atoms with Crippen LogP contribution in [0.5, 0.6) is 0 Å². The standard InChI is InChI=1S/C19H22ClN5O/c1-11-17(20)13(3)25(23-11)10-15-7-6-8-16(9-15)19(26)21-18-12(2)22-24(5)14(18)4/h6-9H,10H2,1-5H3,(H,21,26). The Kier molecular flexibility index (Phi) is 4.87. The Balaban J connectivity index is 1.82. The van der Waals surface area contributed by atoms with Gasteiger partial charge in [0.25, 0.3) is 5.91 Å². The fourth-order valence-corrected chi connectivity index (χ4v) is 3.09. The topological polar surface area (TPSA) is 64.7 Å². The summed E-state index contributed by atoms with van der Waals surface area (Å²) in [6.07, 6.45) is 0. The summed E-state index contributed by atoms with van der Waals surface area (Å²) in [4.78, 5) is 12.7. The molecule has 0 atom stereocenters. The molecule has 7 heteroatoms. The normalized spacial score (nSPS) is 11.0. The number of nitrogens with zero attached hydrogens (tertiary/aromatic N) is 4. The molecule has 3 aromatic rings. The van der Waals surface area contributed by atoms with Crippen LogP contribution >= 0.6 is 11.6 Å². The fraction of sp³-hybridized carbons (Fsp3) is 0.316. The van der Waals surface area contributed by atoms with E-state index in [9.17, 15) is 4.79 Å². The SMILES string of the molecule is Cc1nn(Cc2cccc(C(=O)Nc3c(C)nn(C)c3C)c2)c(C)c1Cl. The number of benzene rings is 1. The summed E-state index contributed by atoms with van der Waals surface area (Å²) in [6, 6.07) is 7.52. The second-order valence-electron chi connectivity index (χ2n) is 6.47. The molecular weight excluding hydrogens is 350 g/mol. The zero-order chi connectivity index (χ0) is 19.0. The molecule has 0 radical (unpaired) electrons. The lowest BCUT2D eigenvalue weighted by Gasteiger charge is -2.09. The number of aromatic nitrogens is 4. The quantitative estimate of drug-likeness (QED) is 0.758. The fourth-order valence-electron chi connectivity index (χ4n) is 2.95. The van der Waals surface area contributed by atoms with Gasteiger partial charge >= 0.3 is 0 Å². The predicted octanol–water partition coefficient (Wildman–Crippen LogP) is 3.80. The van der Waals surface area contributed by atoms with Crippen LogP contribution in [-0.2, 0) is 13.6 Å². The average molecular weight is 372 g/mol. The first-order chi connectivity index (χ1) is 12.3. The first-order valence-electron chi connectivity index (χ1n) is 8.38. The summed E-state index contributed by atoms with van der Waals surface area (Å²) in [7, 11) is 1.86. The lowest BCUT2D eigenvalue weighted by molar-refractivity contribution is 0.102. The molecule has 0 saturated carbocycles. The summed E-state index contributed by atoms with van der Waals surface area (Å²) in [5.74, 6) is -0.155. The minimum atomic E-state index is -0.155. The van der Waals surface area contributed by atoms with Crippen molar-refractivity contribution in [2.45, 2.75) is 34.2 Å². The molecule has 0 aliphatic carbocycles. The maximum absolute atomic E-state index is 12.7. The number of nitrogens with one attached hydrogen (secondary N) is 1. The van der Waals surface area contributed by atoms with E-state index in [-0.39, 0.29) is 5.91 Å². The minimum Gasteiger partial charge on any atom is -0.319 e. The molecule has 26 heavy (non-hydrogen) atoms. The molecule has 0 fully saturated rings. The Hall–Kier alpha value is -2.60. The Morgan fingerprint density at radius 3 is 2.42 bits per heavy atom. The third kappa shape index (κ3) is 3.37. The van der Waals surface area contributed by atoms with Crippen molar-refractivity contribution < 1.29 is 4.79 Å². The summed E-state index contributed by atoms with van der Waals surface area (Å²) < 4.78 is 3.61. The maximum atomic E-state index is 12.7. The van der Waals surface area contributed by atoms with Crippen molar-refractivity contribution in [3.8, 4) is 0 Å². The second-order valence-corrected chi connectivity index (χ2v) is 6.84. The molecule has 0 saturated heterocycles. The number of anilines is 1. The van der Waals surface area contributed by atoms with Gasteiger partial charge in [-0.25, -0.2) is 0 Å². The lowest BCUT2D eigenvalue weighted by atomic mass is 10.1. The lowest BCUT2D eigenvalue weighted by Crippen LogP contribution is -2.14. The maximum Gasteiger partial charge on any atom is 0.255 e. The highest BCUT2D eigenvalue weighted by atomic mass is 35.5. The Morgan fingerprint density at radius 2 is 1.85 bits per heavy atom. The van der Waals surface area contributed by atoms with Crippen LogP contribution in [0.15, 0.2) is 24.3 Å². The van der Waals surface area contributed by atoms with Gasteiger partial charge in [0, 0.05) is 12.6 Å². The van der Waals surface area contributed by atoms with Crippen molar-refractivity contribution in [3.63, 3.8) is 0 Å². The van der Waals surface area contributed by atoms with Gasteiger partial charge in [0.05, 0.1) is 40.0 Å². The third-order valence-corrected chi connectivity index (χ3v) is 5.11. The molecule has 2 heterocycles. The van der Waals surface area contributed by atoms with Crippen LogP contribution in [-0.4, -0.2) is 25.5 Å². The summed E-state index contributed by atoms with van der Waals surface area (Å²) in [5, 5.41) is 12.4. The van der Waals surface area contributed by atoms with Crippen molar-refractivity contribution >= 4 is 23.2 Å². The third-order valence-electron chi connectivity index (χ3n) is 4.56. The molecule has 1 N–H and O–H groups in total.